The summed E-state index contributed by atoms with van der Waals surface area (Å²) in [5, 5.41) is 15.8. The summed E-state index contributed by atoms with van der Waals surface area (Å²) in [6, 6.07) is 4.80. The zero-order valence-electron chi connectivity index (χ0n) is 11.9. The highest BCUT2D eigenvalue weighted by atomic mass is 35.5. The van der Waals surface area contributed by atoms with Gasteiger partial charge in [0.15, 0.2) is 11.5 Å². The molecule has 0 atom stereocenters. The van der Waals surface area contributed by atoms with Crippen LogP contribution in [0.2, 0.25) is 5.02 Å². The molecule has 1 aromatic carbocycles. The van der Waals surface area contributed by atoms with Crippen LogP contribution >= 0.6 is 11.6 Å². The fourth-order valence-corrected chi connectivity index (χ4v) is 2.32. The number of aromatic carboxylic acids is 1. The van der Waals surface area contributed by atoms with Crippen LogP contribution in [-0.2, 0) is 0 Å². The van der Waals surface area contributed by atoms with E-state index in [1.165, 1.54) is 18.9 Å². The number of hydrogen-bond donors (Lipinski definition) is 2. The number of carboxylic acids is 1. The van der Waals surface area contributed by atoms with Crippen LogP contribution in [0.1, 0.15) is 23.3 Å². The molecule has 0 radical (unpaired) electrons. The summed E-state index contributed by atoms with van der Waals surface area (Å²) in [5.41, 5.74) is 1.02. The number of carbonyl (C=O) groups is 1. The Morgan fingerprint density at radius 1 is 1.41 bits per heavy atom. The van der Waals surface area contributed by atoms with Crippen LogP contribution in [0.15, 0.2) is 18.2 Å². The minimum atomic E-state index is -1.08. The average Bonchev–Trinajstić information content (AvgIpc) is 3.19. The van der Waals surface area contributed by atoms with Crippen LogP contribution in [0, 0.1) is 5.92 Å². The van der Waals surface area contributed by atoms with Gasteiger partial charge in [-0.05, 0) is 30.9 Å². The molecule has 1 fully saturated rings. The van der Waals surface area contributed by atoms with Crippen molar-refractivity contribution in [2.75, 3.05) is 13.7 Å². The molecule has 22 heavy (non-hydrogen) atoms. The van der Waals surface area contributed by atoms with Crippen LogP contribution < -0.4 is 9.47 Å². The van der Waals surface area contributed by atoms with Crippen molar-refractivity contribution < 1.29 is 19.4 Å². The minimum absolute atomic E-state index is 0.000839. The normalized spacial score (nSPS) is 13.9. The summed E-state index contributed by atoms with van der Waals surface area (Å²) >= 11 is 6.28. The lowest BCUT2D eigenvalue weighted by atomic mass is 10.1. The highest BCUT2D eigenvalue weighted by Gasteiger charge is 2.23. The number of nitrogens with one attached hydrogen (secondary N) is 1. The van der Waals surface area contributed by atoms with Crippen molar-refractivity contribution in [3.63, 3.8) is 0 Å². The molecule has 0 spiro atoms. The van der Waals surface area contributed by atoms with E-state index in [0.717, 1.165) is 0 Å². The molecule has 1 aromatic heterocycles. The van der Waals surface area contributed by atoms with E-state index >= 15 is 0 Å². The van der Waals surface area contributed by atoms with Crippen molar-refractivity contribution in [1.82, 2.24) is 10.2 Å². The van der Waals surface area contributed by atoms with Gasteiger partial charge >= 0.3 is 5.97 Å². The number of benzene rings is 1. The molecule has 116 valence electrons. The van der Waals surface area contributed by atoms with Gasteiger partial charge in [0.1, 0.15) is 5.69 Å². The van der Waals surface area contributed by atoms with Gasteiger partial charge in [0, 0.05) is 11.6 Å². The first-order valence-electron chi connectivity index (χ1n) is 6.88. The molecule has 3 rings (SSSR count). The fraction of sp³-hybridized carbons (Fsp3) is 0.333. The second-order valence-corrected chi connectivity index (χ2v) is 5.62. The van der Waals surface area contributed by atoms with Gasteiger partial charge in [0.05, 0.1) is 24.4 Å². The second kappa shape index (κ2) is 5.88. The Morgan fingerprint density at radius 2 is 2.18 bits per heavy atom. The van der Waals surface area contributed by atoms with E-state index in [-0.39, 0.29) is 5.69 Å². The zero-order chi connectivity index (χ0) is 15.7. The summed E-state index contributed by atoms with van der Waals surface area (Å²) in [6.07, 6.45) is 2.39. The molecule has 1 aliphatic carbocycles. The first-order valence-corrected chi connectivity index (χ1v) is 7.25. The van der Waals surface area contributed by atoms with Crippen LogP contribution in [0.3, 0.4) is 0 Å². The molecule has 7 heteroatoms. The number of rotatable bonds is 6. The summed E-state index contributed by atoms with van der Waals surface area (Å²) in [5.74, 6) is 0.663. The predicted molar refractivity (Wildman–Crippen MR) is 80.8 cm³/mol. The lowest BCUT2D eigenvalue weighted by Gasteiger charge is -2.12. The number of H-pyrrole nitrogens is 1. The monoisotopic (exact) mass is 322 g/mol. The highest BCUT2D eigenvalue weighted by molar-refractivity contribution is 6.33. The van der Waals surface area contributed by atoms with Gasteiger partial charge in [-0.2, -0.15) is 5.10 Å². The molecular formula is C15H15ClN2O4. The van der Waals surface area contributed by atoms with Crippen LogP contribution in [-0.4, -0.2) is 35.0 Å². The summed E-state index contributed by atoms with van der Waals surface area (Å²) in [6.45, 7) is 0.650. The van der Waals surface area contributed by atoms with Gasteiger partial charge in [-0.25, -0.2) is 4.79 Å². The van der Waals surface area contributed by atoms with Crippen molar-refractivity contribution in [2.24, 2.45) is 5.92 Å². The van der Waals surface area contributed by atoms with Gasteiger partial charge in [0.25, 0.3) is 0 Å². The van der Waals surface area contributed by atoms with E-state index in [4.69, 9.17) is 26.2 Å². The van der Waals surface area contributed by atoms with Crippen LogP contribution in [0.25, 0.3) is 11.3 Å². The summed E-state index contributed by atoms with van der Waals surface area (Å²) in [4.78, 5) is 10.9. The Balaban J connectivity index is 1.91. The molecule has 0 bridgehead atoms. The molecule has 0 aliphatic heterocycles. The number of methoxy groups -OCH3 is 1. The molecule has 0 amide bonds. The summed E-state index contributed by atoms with van der Waals surface area (Å²) in [7, 11) is 1.55. The molecular weight excluding hydrogens is 308 g/mol. The van der Waals surface area contributed by atoms with Gasteiger partial charge < -0.3 is 14.6 Å². The highest BCUT2D eigenvalue weighted by Crippen LogP contribution is 2.39. The maximum absolute atomic E-state index is 10.9. The molecule has 0 saturated heterocycles. The number of nitrogens with zero attached hydrogens (tertiary/aromatic N) is 1. The van der Waals surface area contributed by atoms with E-state index in [2.05, 4.69) is 10.2 Å². The largest absolute Gasteiger partial charge is 0.493 e. The number of ether oxygens (including phenoxy) is 2. The number of aromatic nitrogens is 2. The van der Waals surface area contributed by atoms with E-state index in [9.17, 15) is 4.79 Å². The van der Waals surface area contributed by atoms with Gasteiger partial charge in [-0.15, -0.1) is 0 Å². The van der Waals surface area contributed by atoms with Gasteiger partial charge in [-0.3, -0.25) is 5.10 Å². The minimum Gasteiger partial charge on any atom is -0.493 e. The summed E-state index contributed by atoms with van der Waals surface area (Å²) < 4.78 is 11.1. The standard InChI is InChI=1S/C15H15ClN2O4/c1-21-13-4-9(11-6-12(15(19)20)18-17-11)10(16)5-14(13)22-7-8-2-3-8/h4-6,8H,2-3,7H2,1H3,(H,17,18)(H,19,20). The smallest absolute Gasteiger partial charge is 0.353 e. The Kier molecular flexibility index (Phi) is 3.94. The van der Waals surface area contributed by atoms with Gasteiger partial charge in [0.2, 0.25) is 0 Å². The maximum atomic E-state index is 10.9. The Hall–Kier alpha value is -2.21. The molecule has 1 aliphatic rings. The fourth-order valence-electron chi connectivity index (χ4n) is 2.07. The first-order chi connectivity index (χ1) is 10.6. The number of carboxylic acid groups (broad SMARTS) is 1. The zero-order valence-corrected chi connectivity index (χ0v) is 12.7. The molecule has 1 saturated carbocycles. The molecule has 2 aromatic rings. The third-order valence-corrected chi connectivity index (χ3v) is 3.82. The topological polar surface area (TPSA) is 84.4 Å². The third-order valence-electron chi connectivity index (χ3n) is 3.51. The molecule has 1 heterocycles. The lowest BCUT2D eigenvalue weighted by Crippen LogP contribution is -2.01. The predicted octanol–water partition coefficient (Wildman–Crippen LogP) is 3.23. The van der Waals surface area contributed by atoms with E-state index in [1.807, 2.05) is 0 Å². The van der Waals surface area contributed by atoms with Crippen molar-refractivity contribution in [3.05, 3.63) is 28.9 Å². The first kappa shape index (κ1) is 14.7. The quantitative estimate of drug-likeness (QED) is 0.853. The Bertz CT molecular complexity index is 710. The van der Waals surface area contributed by atoms with Crippen molar-refractivity contribution in [1.29, 1.82) is 0 Å². The average molecular weight is 323 g/mol. The Labute approximate surface area is 132 Å². The SMILES string of the molecule is COc1cc(-c2cc(C(=O)O)[nH]n2)c(Cl)cc1OCC1CC1. The van der Waals surface area contributed by atoms with E-state index in [1.54, 1.807) is 19.2 Å². The maximum Gasteiger partial charge on any atom is 0.353 e. The van der Waals surface area contributed by atoms with Crippen molar-refractivity contribution in [3.8, 4) is 22.8 Å². The lowest BCUT2D eigenvalue weighted by molar-refractivity contribution is 0.0690. The number of halogens is 1. The van der Waals surface area contributed by atoms with Crippen LogP contribution in [0.4, 0.5) is 0 Å². The van der Waals surface area contributed by atoms with Gasteiger partial charge in [-0.1, -0.05) is 11.6 Å². The van der Waals surface area contributed by atoms with Crippen molar-refractivity contribution in [2.45, 2.75) is 12.8 Å². The Morgan fingerprint density at radius 3 is 2.77 bits per heavy atom. The van der Waals surface area contributed by atoms with Crippen molar-refractivity contribution >= 4 is 17.6 Å². The molecule has 6 nitrogen and oxygen atoms in total. The number of aromatic amines is 1. The third kappa shape index (κ3) is 3.01. The second-order valence-electron chi connectivity index (χ2n) is 5.21. The number of hydrogen-bond acceptors (Lipinski definition) is 4. The molecule has 2 N–H and O–H groups in total. The van der Waals surface area contributed by atoms with E-state index < -0.39 is 5.97 Å². The van der Waals surface area contributed by atoms with Crippen LogP contribution in [0.5, 0.6) is 11.5 Å². The van der Waals surface area contributed by atoms with E-state index in [0.29, 0.717) is 40.3 Å². The molecule has 0 unspecified atom stereocenters.